The van der Waals surface area contributed by atoms with Gasteiger partial charge in [-0.25, -0.2) is 14.3 Å². The fourth-order valence-corrected chi connectivity index (χ4v) is 4.66. The minimum absolute atomic E-state index is 0.0162. The van der Waals surface area contributed by atoms with E-state index in [2.05, 4.69) is 15.1 Å². The van der Waals surface area contributed by atoms with Gasteiger partial charge in [-0.1, -0.05) is 5.16 Å². The highest BCUT2D eigenvalue weighted by Crippen LogP contribution is 2.28. The number of ether oxygens (including phenoxy) is 2. The quantitative estimate of drug-likeness (QED) is 0.275. The van der Waals surface area contributed by atoms with Crippen LogP contribution >= 0.6 is 0 Å². The van der Waals surface area contributed by atoms with Crippen molar-refractivity contribution in [1.29, 1.82) is 0 Å². The summed E-state index contributed by atoms with van der Waals surface area (Å²) in [5, 5.41) is 3.60. The standard InChI is InChI=1S/C23H27N5O6S/c1-13-11-24-18(14(2)20(13)33-7)12-35(31)22-25-17-10-16(32-6)8-9-19(17)28(22)23(30)34-26-15(3)21(29)27(4)5/h8-11H,12H2,1-7H3. The molecule has 0 radical (unpaired) electrons. The Morgan fingerprint density at radius 2 is 1.89 bits per heavy atom. The van der Waals surface area contributed by atoms with Crippen LogP contribution in [0.25, 0.3) is 11.0 Å². The van der Waals surface area contributed by atoms with Crippen LogP contribution in [0.5, 0.6) is 11.5 Å². The Labute approximate surface area is 205 Å². The van der Waals surface area contributed by atoms with Gasteiger partial charge in [-0.2, -0.15) is 0 Å². The highest BCUT2D eigenvalue weighted by molar-refractivity contribution is 7.84. The molecule has 2 heterocycles. The van der Waals surface area contributed by atoms with Crippen molar-refractivity contribution < 1.29 is 28.1 Å². The van der Waals surface area contributed by atoms with Gasteiger partial charge in [0.2, 0.25) is 5.16 Å². The maximum absolute atomic E-state index is 13.4. The number of imidazole rings is 1. The van der Waals surface area contributed by atoms with Crippen LogP contribution in [0.1, 0.15) is 23.7 Å². The molecule has 2 aromatic heterocycles. The van der Waals surface area contributed by atoms with Crippen molar-refractivity contribution in [1.82, 2.24) is 19.4 Å². The zero-order valence-corrected chi connectivity index (χ0v) is 21.4. The largest absolute Gasteiger partial charge is 0.497 e. The number of fused-ring (bicyclic) bond motifs is 1. The van der Waals surface area contributed by atoms with Crippen LogP contribution < -0.4 is 9.47 Å². The fourth-order valence-electron chi connectivity index (χ4n) is 3.41. The molecule has 186 valence electrons. The lowest BCUT2D eigenvalue weighted by Crippen LogP contribution is -2.28. The molecular weight excluding hydrogens is 474 g/mol. The minimum Gasteiger partial charge on any atom is -0.497 e. The Kier molecular flexibility index (Phi) is 7.85. The Hall–Kier alpha value is -3.80. The summed E-state index contributed by atoms with van der Waals surface area (Å²) in [6, 6.07) is 4.85. The summed E-state index contributed by atoms with van der Waals surface area (Å²) in [5.41, 5.74) is 2.83. The molecule has 1 amide bonds. The molecule has 0 spiro atoms. The first kappa shape index (κ1) is 25.8. The monoisotopic (exact) mass is 501 g/mol. The maximum atomic E-state index is 13.4. The van der Waals surface area contributed by atoms with Crippen molar-refractivity contribution in [3.05, 3.63) is 41.2 Å². The normalized spacial score (nSPS) is 12.4. The third kappa shape index (κ3) is 5.32. The molecule has 1 aromatic carbocycles. The van der Waals surface area contributed by atoms with Gasteiger partial charge in [-0.05, 0) is 32.9 Å². The minimum atomic E-state index is -1.80. The molecule has 1 unspecified atom stereocenters. The molecule has 12 heteroatoms. The van der Waals surface area contributed by atoms with E-state index in [0.717, 1.165) is 15.7 Å². The van der Waals surface area contributed by atoms with E-state index in [0.29, 0.717) is 28.2 Å². The van der Waals surface area contributed by atoms with Crippen molar-refractivity contribution in [2.45, 2.75) is 31.7 Å². The summed E-state index contributed by atoms with van der Waals surface area (Å²) in [6.07, 6.45) is 0.679. The van der Waals surface area contributed by atoms with Gasteiger partial charge in [-0.3, -0.25) is 18.8 Å². The van der Waals surface area contributed by atoms with Gasteiger partial charge in [0.05, 0.1) is 47.5 Å². The van der Waals surface area contributed by atoms with Crippen molar-refractivity contribution in [2.24, 2.45) is 5.16 Å². The van der Waals surface area contributed by atoms with Crippen molar-refractivity contribution in [3.63, 3.8) is 0 Å². The molecule has 0 bridgehead atoms. The summed E-state index contributed by atoms with van der Waals surface area (Å²) < 4.78 is 25.2. The second-order valence-corrected chi connectivity index (χ2v) is 9.20. The number of hydrogen-bond acceptors (Lipinski definition) is 9. The SMILES string of the molecule is COc1ccc2c(c1)nc(S(=O)Cc1ncc(C)c(OC)c1C)n2C(=O)ON=C(C)C(=O)N(C)C. The predicted octanol–water partition coefficient (Wildman–Crippen LogP) is 2.82. The average Bonchev–Trinajstić information content (AvgIpc) is 3.22. The molecule has 0 saturated heterocycles. The summed E-state index contributed by atoms with van der Waals surface area (Å²) in [6.45, 7) is 5.11. The van der Waals surface area contributed by atoms with Crippen LogP contribution in [0, 0.1) is 13.8 Å². The number of carbonyl (C=O) groups is 2. The maximum Gasteiger partial charge on any atom is 0.446 e. The lowest BCUT2D eigenvalue weighted by molar-refractivity contribution is -0.121. The van der Waals surface area contributed by atoms with Crippen molar-refractivity contribution >= 4 is 39.5 Å². The first-order valence-electron chi connectivity index (χ1n) is 10.5. The van der Waals surface area contributed by atoms with Crippen LogP contribution in [0.3, 0.4) is 0 Å². The van der Waals surface area contributed by atoms with Crippen LogP contribution in [0.4, 0.5) is 4.79 Å². The van der Waals surface area contributed by atoms with E-state index in [4.69, 9.17) is 14.3 Å². The number of rotatable bonds is 7. The van der Waals surface area contributed by atoms with Crippen LogP contribution in [-0.2, 0) is 26.2 Å². The average molecular weight is 502 g/mol. The van der Waals surface area contributed by atoms with Crippen LogP contribution in [0.15, 0.2) is 34.7 Å². The van der Waals surface area contributed by atoms with Gasteiger partial charge < -0.3 is 14.4 Å². The summed E-state index contributed by atoms with van der Waals surface area (Å²) in [5.74, 6) is 0.730. The topological polar surface area (TPSA) is 125 Å². The van der Waals surface area contributed by atoms with Crippen LogP contribution in [0.2, 0.25) is 0 Å². The molecule has 1 atom stereocenters. The second-order valence-electron chi connectivity index (χ2n) is 7.85. The first-order valence-corrected chi connectivity index (χ1v) is 11.8. The third-order valence-electron chi connectivity index (χ3n) is 5.21. The van der Waals surface area contributed by atoms with Gasteiger partial charge in [-0.15, -0.1) is 0 Å². The number of benzene rings is 1. The number of pyridine rings is 1. The molecule has 0 aliphatic carbocycles. The fraction of sp³-hybridized carbons (Fsp3) is 0.348. The second kappa shape index (κ2) is 10.6. The molecular formula is C23H27N5O6S. The van der Waals surface area contributed by atoms with Gasteiger partial charge in [0.15, 0.2) is 0 Å². The number of aromatic nitrogens is 3. The zero-order valence-electron chi connectivity index (χ0n) is 20.6. The van der Waals surface area contributed by atoms with E-state index in [9.17, 15) is 13.8 Å². The number of aryl methyl sites for hydroxylation is 1. The molecule has 35 heavy (non-hydrogen) atoms. The molecule has 0 saturated carbocycles. The number of amides is 1. The van der Waals surface area contributed by atoms with Gasteiger partial charge in [0.25, 0.3) is 5.91 Å². The van der Waals surface area contributed by atoms with E-state index < -0.39 is 22.8 Å². The molecule has 3 aromatic rings. The zero-order chi connectivity index (χ0) is 25.9. The van der Waals surface area contributed by atoms with E-state index in [-0.39, 0.29) is 16.6 Å². The number of methoxy groups -OCH3 is 2. The van der Waals surface area contributed by atoms with E-state index in [1.54, 1.807) is 45.6 Å². The third-order valence-corrected chi connectivity index (χ3v) is 6.43. The van der Waals surface area contributed by atoms with Crippen molar-refractivity contribution in [2.75, 3.05) is 28.3 Å². The lowest BCUT2D eigenvalue weighted by atomic mass is 10.1. The van der Waals surface area contributed by atoms with Crippen molar-refractivity contribution in [3.8, 4) is 11.5 Å². The van der Waals surface area contributed by atoms with E-state index in [1.165, 1.54) is 18.9 Å². The number of oxime groups is 1. The van der Waals surface area contributed by atoms with E-state index in [1.807, 2.05) is 13.8 Å². The molecule has 11 nitrogen and oxygen atoms in total. The Morgan fingerprint density at radius 3 is 2.51 bits per heavy atom. The highest BCUT2D eigenvalue weighted by Gasteiger charge is 2.25. The Morgan fingerprint density at radius 1 is 1.17 bits per heavy atom. The number of nitrogens with zero attached hydrogens (tertiary/aromatic N) is 5. The van der Waals surface area contributed by atoms with E-state index >= 15 is 0 Å². The Bertz CT molecular complexity index is 1350. The number of carbonyl (C=O) groups excluding carboxylic acids is 2. The van der Waals surface area contributed by atoms with Gasteiger partial charge in [0.1, 0.15) is 17.2 Å². The first-order chi connectivity index (χ1) is 16.6. The highest BCUT2D eigenvalue weighted by atomic mass is 32.2. The number of hydrogen-bond donors (Lipinski definition) is 0. The summed E-state index contributed by atoms with van der Waals surface area (Å²) in [7, 11) is 4.37. The summed E-state index contributed by atoms with van der Waals surface area (Å²) >= 11 is 0. The molecule has 0 aliphatic rings. The molecule has 0 N–H and O–H groups in total. The Balaban J connectivity index is 2.04. The summed E-state index contributed by atoms with van der Waals surface area (Å²) in [4.78, 5) is 40.2. The van der Waals surface area contributed by atoms with Gasteiger partial charge >= 0.3 is 6.09 Å². The van der Waals surface area contributed by atoms with Gasteiger partial charge in [0, 0.05) is 37.5 Å². The predicted molar refractivity (Wildman–Crippen MR) is 130 cm³/mol. The van der Waals surface area contributed by atoms with Crippen LogP contribution in [-0.4, -0.2) is 69.7 Å². The molecule has 0 aliphatic heterocycles. The molecule has 3 rings (SSSR count). The lowest BCUT2D eigenvalue weighted by Gasteiger charge is -2.12. The smallest absolute Gasteiger partial charge is 0.446 e. The molecule has 0 fully saturated rings.